The third-order valence-corrected chi connectivity index (χ3v) is 3.82. The second-order valence-electron chi connectivity index (χ2n) is 4.26. The van der Waals surface area contributed by atoms with Crippen molar-refractivity contribution in [2.24, 2.45) is 0 Å². The van der Waals surface area contributed by atoms with E-state index in [0.29, 0.717) is 6.54 Å². The minimum Gasteiger partial charge on any atom is -0.478 e. The first kappa shape index (κ1) is 15.4. The zero-order chi connectivity index (χ0) is 15.6. The van der Waals surface area contributed by atoms with Crippen molar-refractivity contribution >= 4 is 33.3 Å². The molecule has 2 aromatic rings. The molecule has 1 N–H and O–H groups in total. The fourth-order valence-electron chi connectivity index (χ4n) is 2.05. The Morgan fingerprint density at radius 1 is 1.19 bits per heavy atom. The van der Waals surface area contributed by atoms with Gasteiger partial charge in [-0.3, -0.25) is 0 Å². The third kappa shape index (κ3) is 2.90. The molecule has 0 saturated carbocycles. The normalized spacial score (nSPS) is 10.5. The van der Waals surface area contributed by atoms with E-state index >= 15 is 0 Å². The zero-order valence-electron chi connectivity index (χ0n) is 11.1. The van der Waals surface area contributed by atoms with Gasteiger partial charge in [-0.15, -0.1) is 0 Å². The summed E-state index contributed by atoms with van der Waals surface area (Å²) in [7, 11) is 0. The molecule has 3 nitrogen and oxygen atoms in total. The molecular weight excluding hydrogens is 344 g/mol. The van der Waals surface area contributed by atoms with Crippen LogP contribution < -0.4 is 4.90 Å². The first-order valence-electron chi connectivity index (χ1n) is 6.20. The Kier molecular flexibility index (Phi) is 4.57. The van der Waals surface area contributed by atoms with E-state index in [1.807, 2.05) is 0 Å². The van der Waals surface area contributed by atoms with Crippen molar-refractivity contribution in [1.29, 1.82) is 0 Å². The number of aromatic carboxylic acids is 1. The van der Waals surface area contributed by atoms with Gasteiger partial charge in [0.15, 0.2) is 5.82 Å². The highest BCUT2D eigenvalue weighted by molar-refractivity contribution is 9.10. The smallest absolute Gasteiger partial charge is 0.336 e. The van der Waals surface area contributed by atoms with Crippen LogP contribution in [0.5, 0.6) is 0 Å². The highest BCUT2D eigenvalue weighted by Crippen LogP contribution is 2.34. The van der Waals surface area contributed by atoms with Gasteiger partial charge >= 0.3 is 5.97 Å². The first-order chi connectivity index (χ1) is 9.97. The van der Waals surface area contributed by atoms with Crippen molar-refractivity contribution < 1.29 is 18.7 Å². The Labute approximate surface area is 128 Å². The summed E-state index contributed by atoms with van der Waals surface area (Å²) in [4.78, 5) is 12.4. The van der Waals surface area contributed by atoms with E-state index in [-0.39, 0.29) is 21.4 Å². The lowest BCUT2D eigenvalue weighted by Gasteiger charge is -2.24. The van der Waals surface area contributed by atoms with Gasteiger partial charge in [-0.2, -0.15) is 0 Å². The van der Waals surface area contributed by atoms with Crippen LogP contribution >= 0.6 is 15.9 Å². The maximum atomic E-state index is 14.4. The summed E-state index contributed by atoms with van der Waals surface area (Å²) in [5.41, 5.74) is 0.161. The van der Waals surface area contributed by atoms with Gasteiger partial charge < -0.3 is 10.0 Å². The van der Waals surface area contributed by atoms with Crippen LogP contribution in [0.1, 0.15) is 17.3 Å². The minimum absolute atomic E-state index is 0.111. The molecule has 0 aliphatic rings. The van der Waals surface area contributed by atoms with E-state index in [2.05, 4.69) is 15.9 Å². The predicted octanol–water partition coefficient (Wildman–Crippen LogP) is 4.58. The summed E-state index contributed by atoms with van der Waals surface area (Å²) in [6, 6.07) is 8.65. The molecule has 0 heterocycles. The molecule has 6 heteroatoms. The number of rotatable bonds is 4. The number of carboxylic acid groups (broad SMARTS) is 1. The molecule has 0 unspecified atom stereocenters. The van der Waals surface area contributed by atoms with Gasteiger partial charge in [-0.05, 0) is 47.1 Å². The lowest BCUT2D eigenvalue weighted by atomic mass is 10.1. The Morgan fingerprint density at radius 2 is 1.86 bits per heavy atom. The number of anilines is 2. The van der Waals surface area contributed by atoms with Gasteiger partial charge in [-0.1, -0.05) is 12.1 Å². The molecule has 2 rings (SSSR count). The van der Waals surface area contributed by atoms with E-state index in [4.69, 9.17) is 5.11 Å². The zero-order valence-corrected chi connectivity index (χ0v) is 12.7. The molecule has 0 amide bonds. The maximum absolute atomic E-state index is 14.4. The van der Waals surface area contributed by atoms with E-state index in [0.717, 1.165) is 0 Å². The van der Waals surface area contributed by atoms with Crippen molar-refractivity contribution in [2.75, 3.05) is 11.4 Å². The maximum Gasteiger partial charge on any atom is 0.336 e. The lowest BCUT2D eigenvalue weighted by Crippen LogP contribution is -2.19. The van der Waals surface area contributed by atoms with Crippen molar-refractivity contribution in [1.82, 2.24) is 0 Å². The number of halogens is 3. The van der Waals surface area contributed by atoms with E-state index in [1.54, 1.807) is 19.1 Å². The Morgan fingerprint density at radius 3 is 2.43 bits per heavy atom. The monoisotopic (exact) mass is 355 g/mol. The van der Waals surface area contributed by atoms with Gasteiger partial charge in [-0.25, -0.2) is 13.6 Å². The van der Waals surface area contributed by atoms with Crippen molar-refractivity contribution in [3.63, 3.8) is 0 Å². The second-order valence-corrected chi connectivity index (χ2v) is 5.05. The van der Waals surface area contributed by atoms with Crippen LogP contribution in [-0.4, -0.2) is 17.6 Å². The van der Waals surface area contributed by atoms with Crippen LogP contribution in [-0.2, 0) is 0 Å². The summed E-state index contributed by atoms with van der Waals surface area (Å²) >= 11 is 2.94. The van der Waals surface area contributed by atoms with E-state index in [1.165, 1.54) is 29.2 Å². The topological polar surface area (TPSA) is 40.5 Å². The average molecular weight is 356 g/mol. The van der Waals surface area contributed by atoms with Gasteiger partial charge in [0.25, 0.3) is 0 Å². The summed E-state index contributed by atoms with van der Waals surface area (Å²) in [5.74, 6) is -2.45. The highest BCUT2D eigenvalue weighted by Gasteiger charge is 2.21. The number of hydrogen-bond acceptors (Lipinski definition) is 2. The standard InChI is InChI=1S/C15H12BrF2NO2/c1-2-19(11-6-4-3-5-10(11)17)12-8-7-9(15(20)21)13(16)14(12)18/h3-8H,2H2,1H3,(H,20,21). The van der Waals surface area contributed by atoms with Crippen molar-refractivity contribution in [3.8, 4) is 0 Å². The van der Waals surface area contributed by atoms with Crippen LogP contribution in [0.2, 0.25) is 0 Å². The fraction of sp³-hybridized carbons (Fsp3) is 0.133. The summed E-state index contributed by atoms with van der Waals surface area (Å²) < 4.78 is 28.1. The van der Waals surface area contributed by atoms with Crippen LogP contribution in [0, 0.1) is 11.6 Å². The molecule has 0 bridgehead atoms. The van der Waals surface area contributed by atoms with Crippen LogP contribution in [0.3, 0.4) is 0 Å². The highest BCUT2D eigenvalue weighted by atomic mass is 79.9. The number of carboxylic acids is 1. The molecule has 2 aromatic carbocycles. The number of hydrogen-bond donors (Lipinski definition) is 1. The molecule has 0 saturated heterocycles. The summed E-state index contributed by atoms with van der Waals surface area (Å²) in [5, 5.41) is 8.97. The Balaban J connectivity index is 2.57. The Hall–Kier alpha value is -1.95. The first-order valence-corrected chi connectivity index (χ1v) is 7.00. The van der Waals surface area contributed by atoms with Crippen LogP contribution in [0.25, 0.3) is 0 Å². The molecule has 0 fully saturated rings. The minimum atomic E-state index is -1.23. The molecule has 110 valence electrons. The third-order valence-electron chi connectivity index (χ3n) is 3.04. The van der Waals surface area contributed by atoms with Crippen LogP contribution in [0.15, 0.2) is 40.9 Å². The molecule has 0 radical (unpaired) electrons. The van der Waals surface area contributed by atoms with Gasteiger partial charge in [0.05, 0.1) is 21.4 Å². The molecule has 0 aromatic heterocycles. The average Bonchev–Trinajstić information content (AvgIpc) is 2.45. The summed E-state index contributed by atoms with van der Waals surface area (Å²) in [6.45, 7) is 2.08. The van der Waals surface area contributed by atoms with Crippen LogP contribution in [0.4, 0.5) is 20.2 Å². The molecule has 0 aliphatic carbocycles. The van der Waals surface area contributed by atoms with Gasteiger partial charge in [0.2, 0.25) is 0 Å². The number of nitrogens with zero attached hydrogens (tertiary/aromatic N) is 1. The fourth-order valence-corrected chi connectivity index (χ4v) is 2.56. The lowest BCUT2D eigenvalue weighted by molar-refractivity contribution is 0.0695. The van der Waals surface area contributed by atoms with E-state index < -0.39 is 17.6 Å². The number of benzene rings is 2. The van der Waals surface area contributed by atoms with Gasteiger partial charge in [0.1, 0.15) is 5.82 Å². The molecule has 0 aliphatic heterocycles. The molecular formula is C15H12BrF2NO2. The number of carbonyl (C=O) groups is 1. The van der Waals surface area contributed by atoms with Crippen molar-refractivity contribution in [2.45, 2.75) is 6.92 Å². The second kappa shape index (κ2) is 6.22. The van der Waals surface area contributed by atoms with E-state index in [9.17, 15) is 13.6 Å². The summed E-state index contributed by atoms with van der Waals surface area (Å²) in [6.07, 6.45) is 0. The molecule has 0 spiro atoms. The SMILES string of the molecule is CCN(c1ccccc1F)c1ccc(C(=O)O)c(Br)c1F. The largest absolute Gasteiger partial charge is 0.478 e. The predicted molar refractivity (Wildman–Crippen MR) is 80.1 cm³/mol. The number of para-hydroxylation sites is 1. The molecule has 0 atom stereocenters. The van der Waals surface area contributed by atoms with Crippen molar-refractivity contribution in [3.05, 3.63) is 58.1 Å². The quantitative estimate of drug-likeness (QED) is 0.872. The molecule has 21 heavy (non-hydrogen) atoms. The Bertz CT molecular complexity index is 691. The van der Waals surface area contributed by atoms with Gasteiger partial charge in [0, 0.05) is 6.54 Å².